The lowest BCUT2D eigenvalue weighted by Gasteiger charge is -2.25. The van der Waals surface area contributed by atoms with E-state index in [1.54, 1.807) is 23.1 Å². The molecule has 0 atom stereocenters. The Labute approximate surface area is 189 Å². The van der Waals surface area contributed by atoms with Crippen LogP contribution < -0.4 is 0 Å². The van der Waals surface area contributed by atoms with E-state index in [0.29, 0.717) is 0 Å². The van der Waals surface area contributed by atoms with Gasteiger partial charge >= 0.3 is 0 Å². The van der Waals surface area contributed by atoms with E-state index in [0.717, 1.165) is 76.7 Å². The Balaban J connectivity index is 1.53. The molecule has 8 heteroatoms. The van der Waals surface area contributed by atoms with Gasteiger partial charge in [-0.3, -0.25) is 4.90 Å². The van der Waals surface area contributed by atoms with Gasteiger partial charge in [0.1, 0.15) is 21.4 Å². The number of rotatable bonds is 6. The predicted molar refractivity (Wildman–Crippen MR) is 124 cm³/mol. The Kier molecular flexibility index (Phi) is 6.04. The van der Waals surface area contributed by atoms with Crippen LogP contribution in [0.15, 0.2) is 45.3 Å². The van der Waals surface area contributed by atoms with Crippen LogP contribution in [0, 0.1) is 13.8 Å². The van der Waals surface area contributed by atoms with Crippen molar-refractivity contribution in [2.75, 3.05) is 26.3 Å². The first-order valence-corrected chi connectivity index (χ1v) is 12.2. The van der Waals surface area contributed by atoms with Gasteiger partial charge in [-0.15, -0.1) is 23.1 Å². The number of thiophene rings is 1. The number of fused-ring (bicyclic) bond motifs is 1. The fraction of sp³-hybridized carbons (Fsp3) is 0.348. The third-order valence-electron chi connectivity index (χ3n) is 5.53. The Morgan fingerprint density at radius 2 is 1.90 bits per heavy atom. The second kappa shape index (κ2) is 9.08. The summed E-state index contributed by atoms with van der Waals surface area (Å²) in [6.45, 7) is 8.09. The van der Waals surface area contributed by atoms with Crippen molar-refractivity contribution < 1.29 is 9.26 Å². The maximum atomic E-state index is 5.49. The van der Waals surface area contributed by atoms with E-state index in [9.17, 15) is 0 Å². The molecular weight excluding hydrogens is 428 g/mol. The zero-order valence-corrected chi connectivity index (χ0v) is 19.3. The minimum absolute atomic E-state index is 0.747. The smallest absolute Gasteiger partial charge is 0.145 e. The molecule has 5 rings (SSSR count). The monoisotopic (exact) mass is 452 g/mol. The first kappa shape index (κ1) is 20.6. The van der Waals surface area contributed by atoms with Crippen molar-refractivity contribution >= 4 is 33.3 Å². The van der Waals surface area contributed by atoms with Gasteiger partial charge in [0, 0.05) is 35.3 Å². The lowest BCUT2D eigenvalue weighted by atomic mass is 10.1. The van der Waals surface area contributed by atoms with Crippen LogP contribution in [0.2, 0.25) is 0 Å². The average Bonchev–Trinajstić information content (AvgIpc) is 3.36. The first-order chi connectivity index (χ1) is 15.2. The summed E-state index contributed by atoms with van der Waals surface area (Å²) in [7, 11) is 0. The van der Waals surface area contributed by atoms with Crippen molar-refractivity contribution in [1.82, 2.24) is 20.0 Å². The van der Waals surface area contributed by atoms with E-state index in [1.165, 1.54) is 11.1 Å². The van der Waals surface area contributed by atoms with Gasteiger partial charge in [0.05, 0.1) is 30.8 Å². The highest BCUT2D eigenvalue weighted by atomic mass is 32.2. The van der Waals surface area contributed by atoms with Gasteiger partial charge in [0.2, 0.25) is 0 Å². The number of hydrogen-bond acceptors (Lipinski definition) is 8. The van der Waals surface area contributed by atoms with Crippen molar-refractivity contribution in [3.63, 3.8) is 0 Å². The number of benzene rings is 1. The second-order valence-corrected chi connectivity index (χ2v) is 9.44. The van der Waals surface area contributed by atoms with E-state index in [2.05, 4.69) is 39.7 Å². The fourth-order valence-corrected chi connectivity index (χ4v) is 6.01. The van der Waals surface area contributed by atoms with E-state index < -0.39 is 0 Å². The summed E-state index contributed by atoms with van der Waals surface area (Å²) in [5.41, 5.74) is 4.47. The molecule has 0 spiro atoms. The first-order valence-electron chi connectivity index (χ1n) is 10.4. The molecule has 1 aliphatic heterocycles. The summed E-state index contributed by atoms with van der Waals surface area (Å²) in [5.74, 6) is 2.52. The van der Waals surface area contributed by atoms with Gasteiger partial charge in [-0.1, -0.05) is 35.5 Å². The number of nitrogens with zero attached hydrogens (tertiary/aromatic N) is 4. The van der Waals surface area contributed by atoms with Crippen molar-refractivity contribution in [3.05, 3.63) is 58.6 Å². The quantitative estimate of drug-likeness (QED) is 0.298. The maximum Gasteiger partial charge on any atom is 0.145 e. The topological polar surface area (TPSA) is 64.3 Å². The Hall–Kier alpha value is -2.26. The van der Waals surface area contributed by atoms with Crippen LogP contribution in [-0.4, -0.2) is 46.3 Å². The molecule has 1 fully saturated rings. The molecule has 4 aromatic rings. The number of aromatic nitrogens is 3. The summed E-state index contributed by atoms with van der Waals surface area (Å²) < 4.78 is 10.8. The molecule has 0 N–H and O–H groups in total. The molecule has 0 bridgehead atoms. The molecule has 6 nitrogen and oxygen atoms in total. The third kappa shape index (κ3) is 4.39. The van der Waals surface area contributed by atoms with E-state index in [4.69, 9.17) is 19.2 Å². The van der Waals surface area contributed by atoms with Crippen LogP contribution in [0.4, 0.5) is 0 Å². The standard InChI is InChI=1S/C23H24N4O2S2/c1-15-18(16(2)29-26-15)13-30-22-21-19(17-6-4-3-5-7-17)14-31-23(21)25-20(24-22)12-27-8-10-28-11-9-27/h3-7,14H,8-13H2,1-2H3. The highest BCUT2D eigenvalue weighted by Gasteiger charge is 2.19. The van der Waals surface area contributed by atoms with Crippen molar-refractivity contribution in [2.24, 2.45) is 0 Å². The minimum Gasteiger partial charge on any atom is -0.379 e. The van der Waals surface area contributed by atoms with Crippen LogP contribution in [-0.2, 0) is 17.0 Å². The van der Waals surface area contributed by atoms with Crippen LogP contribution in [0.3, 0.4) is 0 Å². The Morgan fingerprint density at radius 1 is 1.10 bits per heavy atom. The van der Waals surface area contributed by atoms with Gasteiger partial charge in [0.15, 0.2) is 0 Å². The number of thioether (sulfide) groups is 1. The molecule has 1 aliphatic rings. The summed E-state index contributed by atoms with van der Waals surface area (Å²) in [5, 5.41) is 8.46. The Morgan fingerprint density at radius 3 is 2.65 bits per heavy atom. The summed E-state index contributed by atoms with van der Waals surface area (Å²) in [4.78, 5) is 13.4. The highest BCUT2D eigenvalue weighted by Crippen LogP contribution is 2.39. The predicted octanol–water partition coefficient (Wildman–Crippen LogP) is 5.09. The van der Waals surface area contributed by atoms with Gasteiger partial charge in [-0.25, -0.2) is 9.97 Å². The zero-order chi connectivity index (χ0) is 21.2. The molecule has 0 unspecified atom stereocenters. The molecule has 31 heavy (non-hydrogen) atoms. The third-order valence-corrected chi connectivity index (χ3v) is 7.41. The van der Waals surface area contributed by atoms with Gasteiger partial charge in [0.25, 0.3) is 0 Å². The maximum absolute atomic E-state index is 5.49. The van der Waals surface area contributed by atoms with E-state index in [-0.39, 0.29) is 0 Å². The van der Waals surface area contributed by atoms with Crippen LogP contribution in [0.1, 0.15) is 22.8 Å². The average molecular weight is 453 g/mol. The number of ether oxygens (including phenoxy) is 1. The van der Waals surface area contributed by atoms with Crippen LogP contribution >= 0.6 is 23.1 Å². The van der Waals surface area contributed by atoms with Gasteiger partial charge in [-0.2, -0.15) is 0 Å². The van der Waals surface area contributed by atoms with Crippen molar-refractivity contribution in [2.45, 2.75) is 31.2 Å². The number of hydrogen-bond donors (Lipinski definition) is 0. The molecule has 0 amide bonds. The largest absolute Gasteiger partial charge is 0.379 e. The molecule has 0 saturated carbocycles. The minimum atomic E-state index is 0.747. The molecule has 0 radical (unpaired) electrons. The van der Waals surface area contributed by atoms with E-state index in [1.807, 2.05) is 19.9 Å². The molecule has 1 aromatic carbocycles. The summed E-state index contributed by atoms with van der Waals surface area (Å²) in [6, 6.07) is 10.5. The molecule has 4 heterocycles. The SMILES string of the molecule is Cc1noc(C)c1CSc1nc(CN2CCOCC2)nc2scc(-c3ccccc3)c12. The van der Waals surface area contributed by atoms with Crippen molar-refractivity contribution in [1.29, 1.82) is 0 Å². The fourth-order valence-electron chi connectivity index (χ4n) is 3.77. The lowest BCUT2D eigenvalue weighted by Crippen LogP contribution is -2.36. The normalized spacial score (nSPS) is 15.0. The number of aryl methyl sites for hydroxylation is 2. The van der Waals surface area contributed by atoms with E-state index >= 15 is 0 Å². The molecule has 1 saturated heterocycles. The summed E-state index contributed by atoms with van der Waals surface area (Å²) >= 11 is 3.43. The van der Waals surface area contributed by atoms with Crippen molar-refractivity contribution in [3.8, 4) is 11.1 Å². The Bertz CT molecular complexity index is 1160. The van der Waals surface area contributed by atoms with Gasteiger partial charge < -0.3 is 9.26 Å². The zero-order valence-electron chi connectivity index (χ0n) is 17.6. The molecule has 0 aliphatic carbocycles. The molecule has 3 aromatic heterocycles. The second-order valence-electron chi connectivity index (χ2n) is 7.62. The number of morpholine rings is 1. The highest BCUT2D eigenvalue weighted by molar-refractivity contribution is 7.98. The molecule has 160 valence electrons. The van der Waals surface area contributed by atoms with Crippen LogP contribution in [0.5, 0.6) is 0 Å². The van der Waals surface area contributed by atoms with Crippen LogP contribution in [0.25, 0.3) is 21.3 Å². The lowest BCUT2D eigenvalue weighted by molar-refractivity contribution is 0.0330. The molecular formula is C23H24N4O2S2. The summed E-state index contributed by atoms with van der Waals surface area (Å²) in [6.07, 6.45) is 0. The van der Waals surface area contributed by atoms with Gasteiger partial charge in [-0.05, 0) is 19.4 Å².